The minimum atomic E-state index is -0.229. The summed E-state index contributed by atoms with van der Waals surface area (Å²) >= 11 is 11.9. The highest BCUT2D eigenvalue weighted by Crippen LogP contribution is 2.29. The fourth-order valence-electron chi connectivity index (χ4n) is 2.29. The molecule has 1 fully saturated rings. The molecule has 1 aliphatic rings. The molecule has 0 spiro atoms. The average Bonchev–Trinajstić information content (AvgIpc) is 2.54. The fourth-order valence-corrected chi connectivity index (χ4v) is 2.60. The van der Waals surface area contributed by atoms with E-state index in [1.54, 1.807) is 24.1 Å². The molecular weight excluding hydrogens is 327 g/mol. The predicted octanol–water partition coefficient (Wildman–Crippen LogP) is 2.42. The summed E-state index contributed by atoms with van der Waals surface area (Å²) in [6, 6.07) is 5.32. The zero-order valence-electron chi connectivity index (χ0n) is 12.3. The molecule has 1 aliphatic heterocycles. The highest BCUT2D eigenvalue weighted by molar-refractivity contribution is 6.42. The van der Waals surface area contributed by atoms with Crippen LogP contribution in [0.1, 0.15) is 24.5 Å². The third-order valence-electron chi connectivity index (χ3n) is 3.58. The van der Waals surface area contributed by atoms with Crippen molar-refractivity contribution in [1.29, 1.82) is 0 Å². The monoisotopic (exact) mass is 344 g/mol. The molecule has 5 nitrogen and oxygen atoms in total. The Labute approximate surface area is 139 Å². The third-order valence-corrected chi connectivity index (χ3v) is 4.32. The lowest BCUT2D eigenvalue weighted by molar-refractivity contribution is -0.140. The molecule has 1 saturated heterocycles. The number of carbonyl (C=O) groups excluding carboxylic acids is 2. The minimum Gasteiger partial charge on any atom is -0.370 e. The van der Waals surface area contributed by atoms with Crippen molar-refractivity contribution in [3.63, 3.8) is 0 Å². The van der Waals surface area contributed by atoms with E-state index in [0.717, 1.165) is 5.56 Å². The van der Waals surface area contributed by atoms with Crippen LogP contribution in [0.3, 0.4) is 0 Å². The number of halogens is 2. The van der Waals surface area contributed by atoms with Crippen LogP contribution in [0.5, 0.6) is 0 Å². The maximum Gasteiger partial charge on any atom is 0.223 e. The van der Waals surface area contributed by atoms with Crippen LogP contribution in [-0.4, -0.2) is 43.5 Å². The molecule has 0 radical (unpaired) electrons. The Morgan fingerprint density at radius 3 is 2.77 bits per heavy atom. The molecule has 0 bridgehead atoms. The van der Waals surface area contributed by atoms with E-state index in [-0.39, 0.29) is 30.8 Å². The molecule has 0 aromatic heterocycles. The van der Waals surface area contributed by atoms with Crippen LogP contribution in [-0.2, 0) is 14.3 Å². The van der Waals surface area contributed by atoms with Gasteiger partial charge in [0.25, 0.3) is 0 Å². The predicted molar refractivity (Wildman–Crippen MR) is 85.0 cm³/mol. The smallest absolute Gasteiger partial charge is 0.223 e. The Morgan fingerprint density at radius 2 is 2.09 bits per heavy atom. The number of benzene rings is 1. The van der Waals surface area contributed by atoms with Crippen LogP contribution in [0.25, 0.3) is 0 Å². The summed E-state index contributed by atoms with van der Waals surface area (Å²) in [4.78, 5) is 25.1. The van der Waals surface area contributed by atoms with Gasteiger partial charge in [0.2, 0.25) is 11.8 Å². The zero-order chi connectivity index (χ0) is 16.1. The van der Waals surface area contributed by atoms with E-state index in [2.05, 4.69) is 5.32 Å². The second-order valence-corrected chi connectivity index (χ2v) is 5.86. The molecule has 120 valence electrons. The molecule has 7 heteroatoms. The highest BCUT2D eigenvalue weighted by atomic mass is 35.5. The number of hydrogen-bond acceptors (Lipinski definition) is 3. The van der Waals surface area contributed by atoms with Gasteiger partial charge in [-0.05, 0) is 17.7 Å². The number of rotatable bonds is 4. The van der Waals surface area contributed by atoms with Crippen LogP contribution >= 0.6 is 23.2 Å². The Bertz CT molecular complexity index is 566. The molecular formula is C15H18Cl2N2O3. The summed E-state index contributed by atoms with van der Waals surface area (Å²) in [7, 11) is 1.56. The van der Waals surface area contributed by atoms with Crippen molar-refractivity contribution in [2.75, 3.05) is 26.7 Å². The van der Waals surface area contributed by atoms with Crippen LogP contribution in [0, 0.1) is 0 Å². The molecule has 1 atom stereocenters. The number of morpholine rings is 1. The van der Waals surface area contributed by atoms with Crippen LogP contribution in [0.2, 0.25) is 10.0 Å². The van der Waals surface area contributed by atoms with E-state index in [1.165, 1.54) is 0 Å². The summed E-state index contributed by atoms with van der Waals surface area (Å²) < 4.78 is 5.71. The maximum atomic E-state index is 12.2. The summed E-state index contributed by atoms with van der Waals surface area (Å²) in [6.07, 6.45) is 0.171. The first-order chi connectivity index (χ1) is 10.5. The molecule has 1 N–H and O–H groups in total. The Balaban J connectivity index is 1.97. The molecule has 2 amide bonds. The molecule has 0 saturated carbocycles. The molecule has 1 aromatic carbocycles. The van der Waals surface area contributed by atoms with Gasteiger partial charge in [0.15, 0.2) is 0 Å². The number of amides is 2. The number of nitrogens with one attached hydrogen (secondary N) is 1. The summed E-state index contributed by atoms with van der Waals surface area (Å²) in [5.74, 6) is -0.181. The van der Waals surface area contributed by atoms with Gasteiger partial charge in [-0.1, -0.05) is 29.3 Å². The summed E-state index contributed by atoms with van der Waals surface area (Å²) in [5.41, 5.74) is 0.887. The minimum absolute atomic E-state index is 0.0445. The van der Waals surface area contributed by atoms with Crippen molar-refractivity contribution in [2.24, 2.45) is 0 Å². The van der Waals surface area contributed by atoms with Crippen molar-refractivity contribution in [3.05, 3.63) is 33.8 Å². The Morgan fingerprint density at radius 1 is 1.32 bits per heavy atom. The van der Waals surface area contributed by atoms with Gasteiger partial charge in [-0.15, -0.1) is 0 Å². The van der Waals surface area contributed by atoms with E-state index in [4.69, 9.17) is 27.9 Å². The van der Waals surface area contributed by atoms with Crippen molar-refractivity contribution in [1.82, 2.24) is 10.2 Å². The fraction of sp³-hybridized carbons (Fsp3) is 0.467. The molecule has 1 heterocycles. The van der Waals surface area contributed by atoms with Gasteiger partial charge in [-0.3, -0.25) is 9.59 Å². The molecule has 2 rings (SSSR count). The molecule has 1 aromatic rings. The number of carbonyl (C=O) groups is 2. The van der Waals surface area contributed by atoms with Gasteiger partial charge in [0.05, 0.1) is 23.2 Å². The number of nitrogens with zero attached hydrogens (tertiary/aromatic N) is 1. The van der Waals surface area contributed by atoms with Gasteiger partial charge >= 0.3 is 0 Å². The van der Waals surface area contributed by atoms with Gasteiger partial charge in [0.1, 0.15) is 6.10 Å². The van der Waals surface area contributed by atoms with Crippen molar-refractivity contribution < 1.29 is 14.3 Å². The van der Waals surface area contributed by atoms with Gasteiger partial charge in [0, 0.05) is 26.4 Å². The first kappa shape index (κ1) is 17.1. The van der Waals surface area contributed by atoms with E-state index in [0.29, 0.717) is 29.7 Å². The van der Waals surface area contributed by atoms with Crippen molar-refractivity contribution in [2.45, 2.75) is 18.9 Å². The largest absolute Gasteiger partial charge is 0.370 e. The Kier molecular flexibility index (Phi) is 6.06. The molecule has 22 heavy (non-hydrogen) atoms. The Hall–Kier alpha value is -1.30. The van der Waals surface area contributed by atoms with Crippen molar-refractivity contribution in [3.8, 4) is 0 Å². The van der Waals surface area contributed by atoms with Crippen LogP contribution in [0.15, 0.2) is 18.2 Å². The standard InChI is InChI=1S/C15H18Cl2N2O3/c1-18-14(20)4-5-15(21)19-6-7-22-13(9-19)10-2-3-11(16)12(17)8-10/h2-3,8,13H,4-7,9H2,1H3,(H,18,20)/t13-/m0/s1. The van der Waals surface area contributed by atoms with Gasteiger partial charge in [-0.25, -0.2) is 0 Å². The third kappa shape index (κ3) is 4.35. The van der Waals surface area contributed by atoms with E-state index in [9.17, 15) is 9.59 Å². The summed E-state index contributed by atoms with van der Waals surface area (Å²) in [6.45, 7) is 1.44. The second kappa shape index (κ2) is 7.81. The maximum absolute atomic E-state index is 12.2. The highest BCUT2D eigenvalue weighted by Gasteiger charge is 2.25. The van der Waals surface area contributed by atoms with E-state index < -0.39 is 0 Å². The quantitative estimate of drug-likeness (QED) is 0.912. The lowest BCUT2D eigenvalue weighted by Crippen LogP contribution is -2.42. The van der Waals surface area contributed by atoms with Crippen LogP contribution in [0.4, 0.5) is 0 Å². The van der Waals surface area contributed by atoms with Crippen LogP contribution < -0.4 is 5.32 Å². The normalized spacial score (nSPS) is 18.1. The van der Waals surface area contributed by atoms with E-state index in [1.807, 2.05) is 6.07 Å². The van der Waals surface area contributed by atoms with Crippen molar-refractivity contribution >= 4 is 35.0 Å². The summed E-state index contributed by atoms with van der Waals surface area (Å²) in [5, 5.41) is 3.46. The average molecular weight is 345 g/mol. The number of ether oxygens (including phenoxy) is 1. The number of hydrogen-bond donors (Lipinski definition) is 1. The van der Waals surface area contributed by atoms with E-state index >= 15 is 0 Å². The first-order valence-electron chi connectivity index (χ1n) is 7.06. The lowest BCUT2D eigenvalue weighted by atomic mass is 10.1. The molecule has 0 unspecified atom stereocenters. The SMILES string of the molecule is CNC(=O)CCC(=O)N1CCO[C@H](c2ccc(Cl)c(Cl)c2)C1. The lowest BCUT2D eigenvalue weighted by Gasteiger charge is -2.33. The van der Waals surface area contributed by atoms with Gasteiger partial charge in [-0.2, -0.15) is 0 Å². The first-order valence-corrected chi connectivity index (χ1v) is 7.81. The topological polar surface area (TPSA) is 58.6 Å². The van der Waals surface area contributed by atoms with Gasteiger partial charge < -0.3 is 15.0 Å². The molecule has 0 aliphatic carbocycles. The zero-order valence-corrected chi connectivity index (χ0v) is 13.8. The second-order valence-electron chi connectivity index (χ2n) is 5.05.